The van der Waals surface area contributed by atoms with E-state index in [-0.39, 0.29) is 11.1 Å². The fourth-order valence-corrected chi connectivity index (χ4v) is 2.64. The Bertz CT molecular complexity index is 1040. The van der Waals surface area contributed by atoms with Gasteiger partial charge in [-0.2, -0.15) is 0 Å². The van der Waals surface area contributed by atoms with Crippen molar-refractivity contribution >= 4 is 17.8 Å². The second kappa shape index (κ2) is 5.96. The smallest absolute Gasteiger partial charge is 0.342 e. The standard InChI is InChI=1S/C16H12N4O5/c17-12-10(15(22)23)9(11(16(24)25)14(21)20-12)7-3-1-2-4-8(7)13-18-5-6-19-13/h1-6H,(H,18,19)(H,22,23)(H,24,25)(H3,17,20,21). The summed E-state index contributed by atoms with van der Waals surface area (Å²) in [5, 5.41) is 19.0. The molecule has 0 radical (unpaired) electrons. The van der Waals surface area contributed by atoms with Crippen molar-refractivity contribution in [1.82, 2.24) is 15.0 Å². The number of aromatic amines is 2. The number of rotatable bonds is 4. The third-order valence-corrected chi connectivity index (χ3v) is 3.62. The molecule has 0 spiro atoms. The Kier molecular flexibility index (Phi) is 3.82. The van der Waals surface area contributed by atoms with E-state index in [1.807, 2.05) is 0 Å². The minimum Gasteiger partial charge on any atom is -0.478 e. The van der Waals surface area contributed by atoms with Crippen molar-refractivity contribution in [2.24, 2.45) is 0 Å². The van der Waals surface area contributed by atoms with Crippen molar-refractivity contribution in [1.29, 1.82) is 0 Å². The fraction of sp³-hybridized carbons (Fsp3) is 0. The fourth-order valence-electron chi connectivity index (χ4n) is 2.64. The zero-order valence-electron chi connectivity index (χ0n) is 12.6. The summed E-state index contributed by atoms with van der Waals surface area (Å²) < 4.78 is 0. The van der Waals surface area contributed by atoms with E-state index in [0.29, 0.717) is 11.4 Å². The summed E-state index contributed by atoms with van der Waals surface area (Å²) in [4.78, 5) is 44.5. The number of benzene rings is 1. The first kappa shape index (κ1) is 16.0. The molecular formula is C16H12N4O5. The van der Waals surface area contributed by atoms with Crippen molar-refractivity contribution in [2.75, 3.05) is 5.73 Å². The lowest BCUT2D eigenvalue weighted by Gasteiger charge is -2.14. The quantitative estimate of drug-likeness (QED) is 0.479. The van der Waals surface area contributed by atoms with Gasteiger partial charge in [-0.05, 0) is 5.56 Å². The third-order valence-electron chi connectivity index (χ3n) is 3.62. The largest absolute Gasteiger partial charge is 0.478 e. The molecule has 0 aliphatic carbocycles. The van der Waals surface area contributed by atoms with Crippen molar-refractivity contribution in [2.45, 2.75) is 0 Å². The number of nitrogens with one attached hydrogen (secondary N) is 2. The maximum Gasteiger partial charge on any atom is 0.342 e. The minimum atomic E-state index is -1.56. The molecule has 0 bridgehead atoms. The zero-order chi connectivity index (χ0) is 18.1. The van der Waals surface area contributed by atoms with Gasteiger partial charge < -0.3 is 25.9 Å². The zero-order valence-corrected chi connectivity index (χ0v) is 12.6. The highest BCUT2D eigenvalue weighted by Crippen LogP contribution is 2.35. The lowest BCUT2D eigenvalue weighted by molar-refractivity contribution is 0.0695. The lowest BCUT2D eigenvalue weighted by Crippen LogP contribution is -2.24. The molecule has 3 aromatic rings. The molecule has 0 atom stereocenters. The second-order valence-corrected chi connectivity index (χ2v) is 5.09. The molecule has 0 fully saturated rings. The highest BCUT2D eigenvalue weighted by Gasteiger charge is 2.28. The lowest BCUT2D eigenvalue weighted by atomic mass is 9.91. The molecule has 0 aliphatic rings. The number of carboxylic acids is 2. The predicted octanol–water partition coefficient (Wildman–Crippen LogP) is 1.41. The summed E-state index contributed by atoms with van der Waals surface area (Å²) in [7, 11) is 0. The van der Waals surface area contributed by atoms with Crippen LogP contribution in [0, 0.1) is 0 Å². The van der Waals surface area contributed by atoms with Crippen LogP contribution in [0.15, 0.2) is 41.5 Å². The Morgan fingerprint density at radius 1 is 1.04 bits per heavy atom. The van der Waals surface area contributed by atoms with Gasteiger partial charge in [0.1, 0.15) is 22.8 Å². The van der Waals surface area contributed by atoms with Crippen molar-refractivity contribution < 1.29 is 19.8 Å². The Morgan fingerprint density at radius 2 is 1.68 bits per heavy atom. The molecule has 2 heterocycles. The van der Waals surface area contributed by atoms with Crippen LogP contribution in [-0.2, 0) is 0 Å². The van der Waals surface area contributed by atoms with Gasteiger partial charge in [0.15, 0.2) is 0 Å². The van der Waals surface area contributed by atoms with E-state index in [4.69, 9.17) is 5.73 Å². The first-order valence-electron chi connectivity index (χ1n) is 7.03. The summed E-state index contributed by atoms with van der Waals surface area (Å²) >= 11 is 0. The van der Waals surface area contributed by atoms with Crippen molar-refractivity contribution in [3.05, 3.63) is 58.1 Å². The summed E-state index contributed by atoms with van der Waals surface area (Å²) in [5.41, 5.74) is 3.84. The molecule has 0 aliphatic heterocycles. The van der Waals surface area contributed by atoms with E-state index in [2.05, 4.69) is 15.0 Å². The number of hydrogen-bond donors (Lipinski definition) is 5. The van der Waals surface area contributed by atoms with Gasteiger partial charge >= 0.3 is 11.9 Å². The third kappa shape index (κ3) is 2.63. The molecule has 1 aromatic carbocycles. The normalized spacial score (nSPS) is 10.6. The Hall–Kier alpha value is -3.88. The summed E-state index contributed by atoms with van der Waals surface area (Å²) in [6.07, 6.45) is 3.06. The molecule has 0 amide bonds. The van der Waals surface area contributed by atoms with Gasteiger partial charge in [0, 0.05) is 23.5 Å². The van der Waals surface area contributed by atoms with Gasteiger partial charge in [0.2, 0.25) is 0 Å². The highest BCUT2D eigenvalue weighted by molar-refractivity contribution is 6.08. The van der Waals surface area contributed by atoms with Crippen LogP contribution in [-0.4, -0.2) is 37.1 Å². The van der Waals surface area contributed by atoms with E-state index >= 15 is 0 Å². The van der Waals surface area contributed by atoms with Crippen molar-refractivity contribution in [3.8, 4) is 22.5 Å². The molecule has 6 N–H and O–H groups in total. The maximum atomic E-state index is 12.1. The number of aromatic carboxylic acids is 2. The van der Waals surface area contributed by atoms with E-state index < -0.39 is 34.4 Å². The number of nitrogen functional groups attached to an aromatic ring is 1. The molecule has 0 saturated heterocycles. The summed E-state index contributed by atoms with van der Waals surface area (Å²) in [6.45, 7) is 0. The number of nitrogens with two attached hydrogens (primary N) is 1. The van der Waals surface area contributed by atoms with Crippen LogP contribution < -0.4 is 11.3 Å². The number of anilines is 1. The number of carbonyl (C=O) groups is 2. The van der Waals surface area contributed by atoms with E-state index in [1.165, 1.54) is 12.3 Å². The first-order valence-corrected chi connectivity index (χ1v) is 7.03. The molecule has 3 rings (SSSR count). The van der Waals surface area contributed by atoms with Crippen LogP contribution >= 0.6 is 0 Å². The van der Waals surface area contributed by atoms with Gasteiger partial charge in [-0.25, -0.2) is 14.6 Å². The number of H-pyrrole nitrogens is 2. The average molecular weight is 340 g/mol. The Labute approximate surface area is 139 Å². The number of nitrogens with zero attached hydrogens (tertiary/aromatic N) is 1. The van der Waals surface area contributed by atoms with Crippen LogP contribution in [0.5, 0.6) is 0 Å². The molecule has 9 nitrogen and oxygen atoms in total. The predicted molar refractivity (Wildman–Crippen MR) is 88.4 cm³/mol. The van der Waals surface area contributed by atoms with Crippen LogP contribution in [0.25, 0.3) is 22.5 Å². The molecule has 0 unspecified atom stereocenters. The molecule has 0 saturated carbocycles. The SMILES string of the molecule is Nc1[nH]c(=O)c(C(=O)O)c(-c2ccccc2-c2ncc[nH]2)c1C(=O)O. The van der Waals surface area contributed by atoms with E-state index in [9.17, 15) is 24.6 Å². The topological polar surface area (TPSA) is 162 Å². The van der Waals surface area contributed by atoms with E-state index in [1.54, 1.807) is 24.4 Å². The monoisotopic (exact) mass is 340 g/mol. The van der Waals surface area contributed by atoms with Gasteiger partial charge in [0.05, 0.1) is 0 Å². The molecule has 126 valence electrons. The number of pyridine rings is 1. The van der Waals surface area contributed by atoms with Gasteiger partial charge in [-0.15, -0.1) is 0 Å². The average Bonchev–Trinajstić information content (AvgIpc) is 3.07. The second-order valence-electron chi connectivity index (χ2n) is 5.09. The van der Waals surface area contributed by atoms with Crippen molar-refractivity contribution in [3.63, 3.8) is 0 Å². The summed E-state index contributed by atoms with van der Waals surface area (Å²) in [6, 6.07) is 6.41. The maximum absolute atomic E-state index is 12.1. The van der Waals surface area contributed by atoms with Crippen LogP contribution in [0.2, 0.25) is 0 Å². The van der Waals surface area contributed by atoms with Crippen LogP contribution in [0.1, 0.15) is 20.7 Å². The van der Waals surface area contributed by atoms with Crippen LogP contribution in [0.3, 0.4) is 0 Å². The Balaban J connectivity index is 2.49. The molecule has 9 heteroatoms. The van der Waals surface area contributed by atoms with Gasteiger partial charge in [-0.1, -0.05) is 24.3 Å². The Morgan fingerprint density at radius 3 is 2.24 bits per heavy atom. The molecule has 2 aromatic heterocycles. The number of aromatic nitrogens is 3. The van der Waals surface area contributed by atoms with Gasteiger partial charge in [-0.3, -0.25) is 4.79 Å². The van der Waals surface area contributed by atoms with Crippen LogP contribution in [0.4, 0.5) is 5.82 Å². The highest BCUT2D eigenvalue weighted by atomic mass is 16.4. The van der Waals surface area contributed by atoms with Gasteiger partial charge in [0.25, 0.3) is 5.56 Å². The number of imidazole rings is 1. The molecular weight excluding hydrogens is 328 g/mol. The minimum absolute atomic E-state index is 0.213. The molecule has 25 heavy (non-hydrogen) atoms. The number of hydrogen-bond acceptors (Lipinski definition) is 5. The number of carboxylic acid groups (broad SMARTS) is 2. The van der Waals surface area contributed by atoms with E-state index in [0.717, 1.165) is 0 Å². The summed E-state index contributed by atoms with van der Waals surface area (Å²) in [5.74, 6) is -3.05. The first-order chi connectivity index (χ1) is 11.9.